The lowest BCUT2D eigenvalue weighted by Crippen LogP contribution is -2.37. The van der Waals surface area contributed by atoms with Gasteiger partial charge in [0, 0.05) is 12.1 Å². The van der Waals surface area contributed by atoms with Crippen LogP contribution in [0.4, 0.5) is 0 Å². The Kier molecular flexibility index (Phi) is 10.1. The standard InChI is InChI=1S/C26H39NO/c1-22(2)27(23(3)4)20-12-7-5-6-8-13-21-28-26-18-16-25(17-19-26)24-14-10-9-11-15-24/h9-11,14-19,22-23H,5-8,12-13,20-21H2,1-4H3. The van der Waals surface area contributed by atoms with Crippen LogP contribution in [0.1, 0.15) is 66.2 Å². The van der Waals surface area contributed by atoms with Crippen molar-refractivity contribution < 1.29 is 4.74 Å². The van der Waals surface area contributed by atoms with Gasteiger partial charge in [0.1, 0.15) is 5.75 Å². The predicted molar refractivity (Wildman–Crippen MR) is 122 cm³/mol. The van der Waals surface area contributed by atoms with Crippen molar-refractivity contribution in [3.05, 3.63) is 54.6 Å². The highest BCUT2D eigenvalue weighted by molar-refractivity contribution is 5.63. The predicted octanol–water partition coefficient (Wildman–Crippen LogP) is 7.19. The maximum Gasteiger partial charge on any atom is 0.119 e. The van der Waals surface area contributed by atoms with E-state index in [1.54, 1.807) is 0 Å². The zero-order valence-corrected chi connectivity index (χ0v) is 18.4. The molecule has 0 saturated carbocycles. The molecular weight excluding hydrogens is 342 g/mol. The molecule has 0 fully saturated rings. The van der Waals surface area contributed by atoms with Crippen LogP contribution in [0, 0.1) is 0 Å². The Morgan fingerprint density at radius 3 is 1.79 bits per heavy atom. The van der Waals surface area contributed by atoms with Gasteiger partial charge in [0.15, 0.2) is 0 Å². The monoisotopic (exact) mass is 381 g/mol. The first-order valence-electron chi connectivity index (χ1n) is 11.1. The maximum atomic E-state index is 5.90. The summed E-state index contributed by atoms with van der Waals surface area (Å²) in [4.78, 5) is 2.59. The molecule has 0 unspecified atom stereocenters. The second-order valence-electron chi connectivity index (χ2n) is 8.29. The van der Waals surface area contributed by atoms with Crippen LogP contribution in [0.25, 0.3) is 11.1 Å². The molecule has 2 aromatic carbocycles. The topological polar surface area (TPSA) is 12.5 Å². The summed E-state index contributed by atoms with van der Waals surface area (Å²) in [6.07, 6.45) is 7.73. The first kappa shape index (κ1) is 22.5. The van der Waals surface area contributed by atoms with Crippen molar-refractivity contribution in [2.24, 2.45) is 0 Å². The van der Waals surface area contributed by atoms with Crippen molar-refractivity contribution in [2.75, 3.05) is 13.2 Å². The molecule has 2 rings (SSSR count). The quantitative estimate of drug-likeness (QED) is 0.340. The van der Waals surface area contributed by atoms with Crippen LogP contribution in [-0.2, 0) is 0 Å². The highest BCUT2D eigenvalue weighted by atomic mass is 16.5. The van der Waals surface area contributed by atoms with Gasteiger partial charge in [-0.15, -0.1) is 0 Å². The highest BCUT2D eigenvalue weighted by Crippen LogP contribution is 2.22. The molecule has 0 saturated heterocycles. The van der Waals surface area contributed by atoms with Gasteiger partial charge in [0.05, 0.1) is 6.61 Å². The van der Waals surface area contributed by atoms with Gasteiger partial charge in [-0.3, -0.25) is 4.90 Å². The Bertz CT molecular complexity index is 625. The van der Waals surface area contributed by atoms with Crippen molar-refractivity contribution in [2.45, 2.75) is 78.3 Å². The molecule has 0 N–H and O–H groups in total. The molecule has 0 aromatic heterocycles. The Labute approximate surface area is 172 Å². The van der Waals surface area contributed by atoms with E-state index >= 15 is 0 Å². The summed E-state index contributed by atoms with van der Waals surface area (Å²) >= 11 is 0. The number of hydrogen-bond donors (Lipinski definition) is 0. The fraction of sp³-hybridized carbons (Fsp3) is 0.538. The van der Waals surface area contributed by atoms with Crippen molar-refractivity contribution in [1.29, 1.82) is 0 Å². The van der Waals surface area contributed by atoms with Crippen LogP contribution >= 0.6 is 0 Å². The number of ether oxygens (including phenoxy) is 1. The number of hydrogen-bond acceptors (Lipinski definition) is 2. The molecule has 154 valence electrons. The lowest BCUT2D eigenvalue weighted by molar-refractivity contribution is 0.171. The van der Waals surface area contributed by atoms with Gasteiger partial charge in [-0.25, -0.2) is 0 Å². The van der Waals surface area contributed by atoms with Gasteiger partial charge in [-0.05, 0) is 70.3 Å². The molecule has 2 aromatic rings. The number of rotatable bonds is 13. The Balaban J connectivity index is 1.53. The largest absolute Gasteiger partial charge is 0.494 e. The zero-order valence-electron chi connectivity index (χ0n) is 18.4. The van der Waals surface area contributed by atoms with Crippen LogP contribution in [0.15, 0.2) is 54.6 Å². The van der Waals surface area contributed by atoms with Crippen molar-refractivity contribution in [1.82, 2.24) is 4.90 Å². The van der Waals surface area contributed by atoms with Gasteiger partial charge >= 0.3 is 0 Å². The average molecular weight is 382 g/mol. The second-order valence-corrected chi connectivity index (χ2v) is 8.29. The molecule has 0 aliphatic carbocycles. The molecule has 0 spiro atoms. The van der Waals surface area contributed by atoms with Gasteiger partial charge < -0.3 is 4.74 Å². The van der Waals surface area contributed by atoms with Gasteiger partial charge in [-0.1, -0.05) is 68.1 Å². The lowest BCUT2D eigenvalue weighted by atomic mass is 10.1. The molecule has 0 heterocycles. The summed E-state index contributed by atoms with van der Waals surface area (Å²) in [6.45, 7) is 11.3. The minimum absolute atomic E-state index is 0.652. The van der Waals surface area contributed by atoms with Gasteiger partial charge in [0.25, 0.3) is 0 Å². The fourth-order valence-corrected chi connectivity index (χ4v) is 3.78. The lowest BCUT2D eigenvalue weighted by Gasteiger charge is -2.30. The van der Waals surface area contributed by atoms with Crippen LogP contribution in [0.3, 0.4) is 0 Å². The van der Waals surface area contributed by atoms with E-state index in [0.29, 0.717) is 12.1 Å². The highest BCUT2D eigenvalue weighted by Gasteiger charge is 2.11. The maximum absolute atomic E-state index is 5.90. The van der Waals surface area contributed by atoms with Crippen LogP contribution in [0.2, 0.25) is 0 Å². The second kappa shape index (κ2) is 12.6. The Morgan fingerprint density at radius 1 is 0.643 bits per heavy atom. The summed E-state index contributed by atoms with van der Waals surface area (Å²) in [7, 11) is 0. The van der Waals surface area contributed by atoms with E-state index in [9.17, 15) is 0 Å². The molecular formula is C26H39NO. The van der Waals surface area contributed by atoms with Crippen molar-refractivity contribution in [3.63, 3.8) is 0 Å². The first-order chi connectivity index (χ1) is 13.6. The van der Waals surface area contributed by atoms with E-state index in [2.05, 4.69) is 81.1 Å². The minimum atomic E-state index is 0.652. The normalized spacial score (nSPS) is 11.5. The first-order valence-corrected chi connectivity index (χ1v) is 11.1. The van der Waals surface area contributed by atoms with E-state index in [-0.39, 0.29) is 0 Å². The third kappa shape index (κ3) is 8.06. The smallest absolute Gasteiger partial charge is 0.119 e. The van der Waals surface area contributed by atoms with E-state index < -0.39 is 0 Å². The SMILES string of the molecule is CC(C)N(CCCCCCCCOc1ccc(-c2ccccc2)cc1)C(C)C. The van der Waals surface area contributed by atoms with E-state index in [1.807, 2.05) is 6.07 Å². The minimum Gasteiger partial charge on any atom is -0.494 e. The summed E-state index contributed by atoms with van der Waals surface area (Å²) in [6, 6.07) is 20.2. The fourth-order valence-electron chi connectivity index (χ4n) is 3.78. The molecule has 0 aliphatic rings. The molecule has 0 radical (unpaired) electrons. The Morgan fingerprint density at radius 2 is 1.18 bits per heavy atom. The summed E-state index contributed by atoms with van der Waals surface area (Å²) in [5.74, 6) is 0.974. The Hall–Kier alpha value is -1.80. The van der Waals surface area contributed by atoms with Gasteiger partial charge in [-0.2, -0.15) is 0 Å². The van der Waals surface area contributed by atoms with Crippen molar-refractivity contribution in [3.8, 4) is 16.9 Å². The summed E-state index contributed by atoms with van der Waals surface area (Å²) < 4.78 is 5.90. The van der Waals surface area contributed by atoms with E-state index in [0.717, 1.165) is 18.8 Å². The van der Waals surface area contributed by atoms with E-state index in [4.69, 9.17) is 4.74 Å². The molecule has 2 heteroatoms. The third-order valence-corrected chi connectivity index (χ3v) is 5.37. The third-order valence-electron chi connectivity index (χ3n) is 5.37. The molecule has 0 amide bonds. The molecule has 0 atom stereocenters. The van der Waals surface area contributed by atoms with Gasteiger partial charge in [0.2, 0.25) is 0 Å². The zero-order chi connectivity index (χ0) is 20.2. The van der Waals surface area contributed by atoms with Crippen molar-refractivity contribution >= 4 is 0 Å². The summed E-state index contributed by atoms with van der Waals surface area (Å²) in [5.41, 5.74) is 2.49. The number of nitrogens with zero attached hydrogens (tertiary/aromatic N) is 1. The molecule has 0 bridgehead atoms. The molecule has 28 heavy (non-hydrogen) atoms. The average Bonchev–Trinajstić information content (AvgIpc) is 2.70. The molecule has 2 nitrogen and oxygen atoms in total. The van der Waals surface area contributed by atoms with Crippen LogP contribution < -0.4 is 4.74 Å². The van der Waals surface area contributed by atoms with Crippen LogP contribution in [0.5, 0.6) is 5.75 Å². The molecule has 0 aliphatic heterocycles. The summed E-state index contributed by atoms with van der Waals surface area (Å²) in [5, 5.41) is 0. The van der Waals surface area contributed by atoms with E-state index in [1.165, 1.54) is 49.8 Å². The number of unbranched alkanes of at least 4 members (excludes halogenated alkanes) is 5. The van der Waals surface area contributed by atoms with Crippen LogP contribution in [-0.4, -0.2) is 30.1 Å². The number of benzene rings is 2.